The van der Waals surface area contributed by atoms with Crippen molar-refractivity contribution in [1.29, 1.82) is 0 Å². The predicted molar refractivity (Wildman–Crippen MR) is 170 cm³/mol. The molecular formula is C29H51KN7NaO7. The van der Waals surface area contributed by atoms with Gasteiger partial charge in [0.1, 0.15) is 17.9 Å². The second-order valence-electron chi connectivity index (χ2n) is 8.20. The van der Waals surface area contributed by atoms with Gasteiger partial charge in [-0.1, -0.05) is 40.2 Å². The zero-order valence-corrected chi connectivity index (χ0v) is 34.2. The van der Waals surface area contributed by atoms with Gasteiger partial charge in [0.05, 0.1) is 23.6 Å². The number of benzene rings is 1. The molecule has 2 aromatic rings. The number of aryl methyl sites for hydroxylation is 1. The second kappa shape index (κ2) is 34.0. The summed E-state index contributed by atoms with van der Waals surface area (Å²) in [6, 6.07) is 5.56. The minimum atomic E-state index is -0.361. The Morgan fingerprint density at radius 1 is 1.18 bits per heavy atom. The molecule has 0 aliphatic carbocycles. The summed E-state index contributed by atoms with van der Waals surface area (Å²) in [7, 11) is 4.89. The van der Waals surface area contributed by atoms with E-state index in [4.69, 9.17) is 20.5 Å². The number of amidine groups is 1. The van der Waals surface area contributed by atoms with E-state index in [0.29, 0.717) is 48.5 Å². The van der Waals surface area contributed by atoms with Gasteiger partial charge in [0.2, 0.25) is 0 Å². The molecule has 0 spiro atoms. The fourth-order valence-electron chi connectivity index (χ4n) is 3.16. The zero-order chi connectivity index (χ0) is 32.5. The van der Waals surface area contributed by atoms with Crippen LogP contribution >= 0.6 is 0 Å². The number of hydroxylamine groups is 1. The summed E-state index contributed by atoms with van der Waals surface area (Å²) in [5.41, 5.74) is 18.2. The van der Waals surface area contributed by atoms with Crippen LogP contribution in [0.3, 0.4) is 0 Å². The molecule has 14 nitrogen and oxygen atoms in total. The Balaban J connectivity index is -0.000000306. The third-order valence-electron chi connectivity index (χ3n) is 5.07. The SMILES string of the molecule is CC.CCC[N-]Oc1ccc(C)c(N=C(N)c2c(C)c(C(=O)N(C)CCC)cn2[N-]C)c1.COCOC=O.N.O=CCO.[K+].[Na+]. The van der Waals surface area contributed by atoms with Crippen molar-refractivity contribution in [3.05, 3.63) is 57.7 Å². The zero-order valence-electron chi connectivity index (χ0n) is 29.1. The Morgan fingerprint density at radius 2 is 1.78 bits per heavy atom. The maximum Gasteiger partial charge on any atom is 1.00 e. The molecule has 6 N–H and O–H groups in total. The number of carbonyl (C=O) groups excluding carboxylic acids is 3. The molecule has 1 heterocycles. The van der Waals surface area contributed by atoms with Crippen molar-refractivity contribution in [2.75, 3.05) is 47.7 Å². The van der Waals surface area contributed by atoms with Gasteiger partial charge in [0, 0.05) is 33.0 Å². The minimum absolute atomic E-state index is 0. The molecule has 0 radical (unpaired) electrons. The molecule has 0 saturated carbocycles. The number of hydrogen-bond acceptors (Lipinski definition) is 9. The Morgan fingerprint density at radius 3 is 2.22 bits per heavy atom. The third-order valence-corrected chi connectivity index (χ3v) is 5.07. The molecule has 0 aliphatic rings. The maximum atomic E-state index is 12.8. The van der Waals surface area contributed by atoms with Crippen LogP contribution < -0.4 is 97.7 Å². The van der Waals surface area contributed by atoms with Crippen molar-refractivity contribution in [3.8, 4) is 5.75 Å². The molecule has 246 valence electrons. The van der Waals surface area contributed by atoms with E-state index in [0.717, 1.165) is 24.0 Å². The predicted octanol–water partition coefficient (Wildman–Crippen LogP) is -1.39. The molecular weight excluding hydrogens is 620 g/mol. The van der Waals surface area contributed by atoms with E-state index in [1.54, 1.807) is 35.9 Å². The first-order valence-electron chi connectivity index (χ1n) is 13.6. The molecule has 2 rings (SSSR count). The number of amides is 1. The van der Waals surface area contributed by atoms with Gasteiger partial charge in [-0.25, -0.2) is 4.99 Å². The van der Waals surface area contributed by atoms with Crippen molar-refractivity contribution < 1.29 is 115 Å². The minimum Gasteiger partial charge on any atom is -0.619 e. The number of aliphatic hydroxyl groups excluding tert-OH is 1. The molecule has 0 fully saturated rings. The number of carbonyl (C=O) groups is 3. The number of hydrogen-bond donors (Lipinski definition) is 3. The molecule has 1 aromatic heterocycles. The number of nitrogens with zero attached hydrogens (tertiary/aromatic N) is 5. The molecule has 0 saturated heterocycles. The van der Waals surface area contributed by atoms with Crippen LogP contribution in [-0.4, -0.2) is 86.9 Å². The molecule has 0 aliphatic heterocycles. The van der Waals surface area contributed by atoms with Gasteiger partial charge in [-0.3, -0.25) is 9.59 Å². The fourth-order valence-corrected chi connectivity index (χ4v) is 3.16. The fraction of sp³-hybridized carbons (Fsp3) is 0.517. The van der Waals surface area contributed by atoms with Crippen LogP contribution in [0.15, 0.2) is 29.4 Å². The molecule has 1 aromatic carbocycles. The molecule has 45 heavy (non-hydrogen) atoms. The first-order chi connectivity index (χ1) is 20.2. The van der Waals surface area contributed by atoms with E-state index < -0.39 is 0 Å². The summed E-state index contributed by atoms with van der Waals surface area (Å²) in [5.74, 6) is 0.820. The van der Waals surface area contributed by atoms with Crippen molar-refractivity contribution >= 4 is 30.2 Å². The number of aromatic nitrogens is 1. The smallest absolute Gasteiger partial charge is 0.619 e. The topological polar surface area (TPSA) is 209 Å². The number of methoxy groups -OCH3 is 1. The average Bonchev–Trinajstić information content (AvgIpc) is 3.34. The van der Waals surface area contributed by atoms with Crippen molar-refractivity contribution in [3.63, 3.8) is 0 Å². The van der Waals surface area contributed by atoms with Gasteiger partial charge in [-0.2, -0.15) is 0 Å². The first kappa shape index (κ1) is 53.2. The van der Waals surface area contributed by atoms with Crippen LogP contribution in [0, 0.1) is 13.8 Å². The van der Waals surface area contributed by atoms with Crippen LogP contribution in [0.25, 0.3) is 10.9 Å². The number of aliphatic imine (C=N–C) groups is 1. The number of aldehydes is 1. The van der Waals surface area contributed by atoms with Crippen LogP contribution in [0.1, 0.15) is 67.7 Å². The Kier molecular flexibility index (Phi) is 40.2. The van der Waals surface area contributed by atoms with Gasteiger partial charge < -0.3 is 56.6 Å². The van der Waals surface area contributed by atoms with Crippen LogP contribution in [0.2, 0.25) is 0 Å². The van der Waals surface area contributed by atoms with Crippen molar-refractivity contribution in [2.24, 2.45) is 10.7 Å². The Labute approximate surface area is 333 Å². The summed E-state index contributed by atoms with van der Waals surface area (Å²) in [6.45, 7) is 13.2. The van der Waals surface area contributed by atoms with Crippen LogP contribution in [-0.2, 0) is 19.1 Å². The molecule has 16 heteroatoms. The third kappa shape index (κ3) is 21.2. The van der Waals surface area contributed by atoms with E-state index in [1.165, 1.54) is 7.11 Å². The van der Waals surface area contributed by atoms with E-state index in [2.05, 4.69) is 25.4 Å². The van der Waals surface area contributed by atoms with E-state index in [1.807, 2.05) is 53.7 Å². The molecule has 0 atom stereocenters. The number of rotatable bonds is 14. The molecule has 0 bridgehead atoms. The molecule has 0 unspecified atom stereocenters. The largest absolute Gasteiger partial charge is 1.00 e. The molecule has 1 amide bonds. The Bertz CT molecular complexity index is 1090. The monoisotopic (exact) mass is 671 g/mol. The van der Waals surface area contributed by atoms with Crippen molar-refractivity contribution in [1.82, 2.24) is 15.7 Å². The summed E-state index contributed by atoms with van der Waals surface area (Å²) in [6.07, 6.45) is 3.94. The van der Waals surface area contributed by atoms with Gasteiger partial charge in [-0.15, -0.1) is 13.6 Å². The Hall–Kier alpha value is -1.34. The number of aliphatic hydroxyl groups is 1. The van der Waals surface area contributed by atoms with Gasteiger partial charge in [0.15, 0.2) is 6.79 Å². The first-order valence-corrected chi connectivity index (χ1v) is 13.6. The maximum absolute atomic E-state index is 12.8. The van der Waals surface area contributed by atoms with E-state index >= 15 is 0 Å². The summed E-state index contributed by atoms with van der Waals surface area (Å²) in [4.78, 5) is 42.7. The average molecular weight is 672 g/mol. The van der Waals surface area contributed by atoms with E-state index in [-0.39, 0.29) is 112 Å². The van der Waals surface area contributed by atoms with Gasteiger partial charge >= 0.3 is 80.9 Å². The summed E-state index contributed by atoms with van der Waals surface area (Å²) >= 11 is 0. The normalized spacial score (nSPS) is 9.33. The summed E-state index contributed by atoms with van der Waals surface area (Å²) < 4.78 is 10.0. The summed E-state index contributed by atoms with van der Waals surface area (Å²) in [5, 5.41) is 7.51. The number of ether oxygens (including phenoxy) is 2. The van der Waals surface area contributed by atoms with Gasteiger partial charge in [0.25, 0.3) is 12.4 Å². The van der Waals surface area contributed by atoms with E-state index in [9.17, 15) is 9.59 Å². The quantitative estimate of drug-likeness (QED) is 0.0410. The van der Waals surface area contributed by atoms with Crippen molar-refractivity contribution in [2.45, 2.75) is 54.4 Å². The van der Waals surface area contributed by atoms with Crippen LogP contribution in [0.4, 0.5) is 5.69 Å². The number of nitrogens with two attached hydrogens (primary N) is 1. The second-order valence-corrected chi connectivity index (χ2v) is 8.20. The standard InChI is InChI=1S/C22H32N6O2.C3H6O3.C2H4O2.C2H6.K.H3N.Na/c1-7-11-25-30-17-10-9-15(3)19(13-17)26-21(23)20-16(4)18(14-28(20)24-5)22(29)27(6)12-8-2;1-5-3-6-2-4;3-1-2-4;1-2;;;/h9-10,13-14H,7-8,11-12H2,1-6H3,(H2,23,26);2H,3H2,1H3;1,4H,2H2;1-2H3;;1H3;/q-2;;;;+1;;+1. The van der Waals surface area contributed by atoms with Crippen LogP contribution in [0.5, 0.6) is 5.75 Å². The van der Waals surface area contributed by atoms with Gasteiger partial charge in [-0.05, 0) is 37.5 Å².